The number of piperidine rings is 1. The molecule has 0 spiro atoms. The van der Waals surface area contributed by atoms with E-state index in [1.807, 2.05) is 6.92 Å². The fourth-order valence-corrected chi connectivity index (χ4v) is 3.28. The second-order valence-electron chi connectivity index (χ2n) is 5.47. The Morgan fingerprint density at radius 2 is 2.18 bits per heavy atom. The number of thiophene rings is 1. The fraction of sp³-hybridized carbons (Fsp3) is 0.571. The Bertz CT molecular complexity index is 586. The molecule has 8 heteroatoms. The summed E-state index contributed by atoms with van der Waals surface area (Å²) in [7, 11) is 0. The van der Waals surface area contributed by atoms with Gasteiger partial charge >= 0.3 is 5.00 Å². The molecule has 0 radical (unpaired) electrons. The highest BCUT2D eigenvalue weighted by molar-refractivity contribution is 7.17. The Hall–Kier alpha value is -1.96. The Morgan fingerprint density at radius 3 is 2.77 bits per heavy atom. The summed E-state index contributed by atoms with van der Waals surface area (Å²) in [5.74, 6) is -0.560. The molecule has 22 heavy (non-hydrogen) atoms. The number of nitrogens with zero attached hydrogens (tertiary/aromatic N) is 2. The van der Waals surface area contributed by atoms with Crippen LogP contribution in [0, 0.1) is 10.1 Å². The minimum Gasteiger partial charge on any atom is -0.340 e. The van der Waals surface area contributed by atoms with E-state index in [9.17, 15) is 19.7 Å². The molecule has 120 valence electrons. The van der Waals surface area contributed by atoms with Crippen LogP contribution in [0.25, 0.3) is 0 Å². The lowest BCUT2D eigenvalue weighted by atomic mass is 10.0. The van der Waals surface area contributed by atoms with Gasteiger partial charge in [0.2, 0.25) is 5.91 Å². The number of hydrogen-bond donors (Lipinski definition) is 1. The molecule has 1 saturated heterocycles. The van der Waals surface area contributed by atoms with E-state index in [1.54, 1.807) is 11.8 Å². The van der Waals surface area contributed by atoms with Crippen LogP contribution in [-0.4, -0.2) is 40.3 Å². The van der Waals surface area contributed by atoms with Crippen LogP contribution in [0.15, 0.2) is 12.1 Å². The third-order valence-electron chi connectivity index (χ3n) is 3.80. The van der Waals surface area contributed by atoms with Crippen LogP contribution < -0.4 is 5.32 Å². The van der Waals surface area contributed by atoms with Crippen LogP contribution in [0.5, 0.6) is 0 Å². The third kappa shape index (κ3) is 3.62. The standard InChI is InChI=1S/C14H19N3O4S/c1-9-5-3-4-8-16(9)14(19)10(2)15-13(18)11-6-7-12(22-11)17(20)21/h6-7,9-10H,3-5,8H2,1-2H3,(H,15,18)/t9-,10+/m1/s1. The van der Waals surface area contributed by atoms with Crippen LogP contribution in [0.3, 0.4) is 0 Å². The van der Waals surface area contributed by atoms with Crippen molar-refractivity contribution in [1.82, 2.24) is 10.2 Å². The molecule has 1 aromatic rings. The van der Waals surface area contributed by atoms with Crippen molar-refractivity contribution in [1.29, 1.82) is 0 Å². The predicted molar refractivity (Wildman–Crippen MR) is 82.9 cm³/mol. The molecule has 0 unspecified atom stereocenters. The van der Waals surface area contributed by atoms with E-state index in [4.69, 9.17) is 0 Å². The zero-order chi connectivity index (χ0) is 16.3. The van der Waals surface area contributed by atoms with Gasteiger partial charge in [-0.3, -0.25) is 19.7 Å². The van der Waals surface area contributed by atoms with Crippen molar-refractivity contribution < 1.29 is 14.5 Å². The van der Waals surface area contributed by atoms with Gasteiger partial charge in [-0.15, -0.1) is 0 Å². The number of nitrogens with one attached hydrogen (secondary N) is 1. The number of rotatable bonds is 4. The average Bonchev–Trinajstić information content (AvgIpc) is 2.97. The van der Waals surface area contributed by atoms with E-state index in [1.165, 1.54) is 12.1 Å². The van der Waals surface area contributed by atoms with E-state index in [2.05, 4.69) is 5.32 Å². The fourth-order valence-electron chi connectivity index (χ4n) is 2.55. The van der Waals surface area contributed by atoms with E-state index < -0.39 is 16.9 Å². The lowest BCUT2D eigenvalue weighted by Gasteiger charge is -2.35. The zero-order valence-electron chi connectivity index (χ0n) is 12.6. The van der Waals surface area contributed by atoms with E-state index in [-0.39, 0.29) is 21.8 Å². The molecule has 2 heterocycles. The maximum Gasteiger partial charge on any atom is 0.324 e. The van der Waals surface area contributed by atoms with Gasteiger partial charge in [-0.25, -0.2) is 0 Å². The number of amides is 2. The van der Waals surface area contributed by atoms with E-state index >= 15 is 0 Å². The van der Waals surface area contributed by atoms with Gasteiger partial charge in [-0.05, 0) is 39.2 Å². The molecule has 1 aliphatic rings. The maximum atomic E-state index is 12.4. The van der Waals surface area contributed by atoms with E-state index in [0.717, 1.165) is 30.6 Å². The molecular formula is C14H19N3O4S. The lowest BCUT2D eigenvalue weighted by molar-refractivity contribution is -0.380. The van der Waals surface area contributed by atoms with Crippen molar-refractivity contribution in [2.45, 2.75) is 45.2 Å². The third-order valence-corrected chi connectivity index (χ3v) is 4.84. The Kier molecular flexibility index (Phi) is 5.12. The molecule has 2 amide bonds. The first-order valence-electron chi connectivity index (χ1n) is 7.25. The van der Waals surface area contributed by atoms with Gasteiger partial charge in [0, 0.05) is 18.7 Å². The monoisotopic (exact) mass is 325 g/mol. The summed E-state index contributed by atoms with van der Waals surface area (Å²) in [6.07, 6.45) is 3.07. The van der Waals surface area contributed by atoms with Crippen molar-refractivity contribution >= 4 is 28.2 Å². The second-order valence-corrected chi connectivity index (χ2v) is 6.53. The number of carbonyl (C=O) groups excluding carboxylic acids is 2. The molecule has 1 aromatic heterocycles. The van der Waals surface area contributed by atoms with Crippen LogP contribution in [0.2, 0.25) is 0 Å². The summed E-state index contributed by atoms with van der Waals surface area (Å²) in [4.78, 5) is 36.6. The van der Waals surface area contributed by atoms with Crippen molar-refractivity contribution in [2.75, 3.05) is 6.54 Å². The van der Waals surface area contributed by atoms with Crippen molar-refractivity contribution in [3.63, 3.8) is 0 Å². The van der Waals surface area contributed by atoms with Crippen molar-refractivity contribution in [3.05, 3.63) is 27.1 Å². The first-order valence-corrected chi connectivity index (χ1v) is 8.07. The molecule has 1 N–H and O–H groups in total. The Balaban J connectivity index is 1.97. The Labute approximate surface area is 132 Å². The minimum absolute atomic E-state index is 0.0891. The molecule has 0 aromatic carbocycles. The first kappa shape index (κ1) is 16.4. The van der Waals surface area contributed by atoms with Crippen molar-refractivity contribution in [3.8, 4) is 0 Å². The topological polar surface area (TPSA) is 92.5 Å². The largest absolute Gasteiger partial charge is 0.340 e. The second kappa shape index (κ2) is 6.87. The van der Waals surface area contributed by atoms with Gasteiger partial charge in [0.25, 0.3) is 5.91 Å². The summed E-state index contributed by atoms with van der Waals surface area (Å²) in [5.41, 5.74) is 0. The van der Waals surface area contributed by atoms with Gasteiger partial charge in [0.1, 0.15) is 6.04 Å². The highest BCUT2D eigenvalue weighted by Gasteiger charge is 2.28. The molecule has 0 saturated carbocycles. The summed E-state index contributed by atoms with van der Waals surface area (Å²) in [5, 5.41) is 13.2. The van der Waals surface area contributed by atoms with Gasteiger partial charge < -0.3 is 10.2 Å². The summed E-state index contributed by atoms with van der Waals surface area (Å²) in [6.45, 7) is 4.36. The SMILES string of the molecule is C[C@H](NC(=O)c1ccc([N+](=O)[O-])s1)C(=O)N1CCCC[C@H]1C. The average molecular weight is 325 g/mol. The Morgan fingerprint density at radius 1 is 1.45 bits per heavy atom. The van der Waals surface area contributed by atoms with Gasteiger partial charge in [-0.1, -0.05) is 11.3 Å². The summed E-state index contributed by atoms with van der Waals surface area (Å²) < 4.78 is 0. The van der Waals surface area contributed by atoms with Crippen LogP contribution in [-0.2, 0) is 4.79 Å². The van der Waals surface area contributed by atoms with E-state index in [0.29, 0.717) is 6.54 Å². The van der Waals surface area contributed by atoms with Crippen LogP contribution >= 0.6 is 11.3 Å². The first-order chi connectivity index (χ1) is 10.4. The summed E-state index contributed by atoms with van der Waals surface area (Å²) >= 11 is 0.803. The molecule has 1 fully saturated rings. The maximum absolute atomic E-state index is 12.4. The molecule has 2 rings (SSSR count). The highest BCUT2D eigenvalue weighted by atomic mass is 32.1. The van der Waals surface area contributed by atoms with Gasteiger partial charge in [0.05, 0.1) is 9.80 Å². The number of hydrogen-bond acceptors (Lipinski definition) is 5. The highest BCUT2D eigenvalue weighted by Crippen LogP contribution is 2.24. The lowest BCUT2D eigenvalue weighted by Crippen LogP contribution is -2.51. The van der Waals surface area contributed by atoms with Gasteiger partial charge in [-0.2, -0.15) is 0 Å². The number of carbonyl (C=O) groups is 2. The van der Waals surface area contributed by atoms with Crippen LogP contribution in [0.1, 0.15) is 42.8 Å². The van der Waals surface area contributed by atoms with Gasteiger partial charge in [0.15, 0.2) is 0 Å². The number of nitro groups is 1. The molecule has 2 atom stereocenters. The molecular weight excluding hydrogens is 306 g/mol. The molecule has 1 aliphatic heterocycles. The van der Waals surface area contributed by atoms with Crippen molar-refractivity contribution in [2.24, 2.45) is 0 Å². The molecule has 0 bridgehead atoms. The molecule has 0 aliphatic carbocycles. The molecule has 7 nitrogen and oxygen atoms in total. The quantitative estimate of drug-likeness (QED) is 0.678. The normalized spacial score (nSPS) is 19.5. The summed E-state index contributed by atoms with van der Waals surface area (Å²) in [6, 6.07) is 2.23. The smallest absolute Gasteiger partial charge is 0.324 e. The minimum atomic E-state index is -0.644. The predicted octanol–water partition coefficient (Wildman–Crippen LogP) is 2.18. The number of likely N-dealkylation sites (tertiary alicyclic amines) is 1. The zero-order valence-corrected chi connectivity index (χ0v) is 13.4. The van der Waals surface area contributed by atoms with Crippen LogP contribution in [0.4, 0.5) is 5.00 Å².